The fourth-order valence-corrected chi connectivity index (χ4v) is 3.89. The largest absolute Gasteiger partial charge is 0.326 e. The molecule has 0 aliphatic carbocycles. The first-order valence-electron chi connectivity index (χ1n) is 7.83. The number of nitrogens with zero attached hydrogens (tertiary/aromatic N) is 3. The molecule has 4 heteroatoms. The molecule has 110 valence electrons. The van der Waals surface area contributed by atoms with Crippen LogP contribution in [0.2, 0.25) is 0 Å². The van der Waals surface area contributed by atoms with Gasteiger partial charge >= 0.3 is 0 Å². The monoisotopic (exact) mass is 274 g/mol. The molecule has 2 aliphatic rings. The smallest absolute Gasteiger partial charge is 0.0674 e. The summed E-state index contributed by atoms with van der Waals surface area (Å²) in [5, 5.41) is 0. The van der Waals surface area contributed by atoms with Gasteiger partial charge in [0.25, 0.3) is 0 Å². The highest BCUT2D eigenvalue weighted by molar-refractivity contribution is 5.12. The van der Waals surface area contributed by atoms with Gasteiger partial charge in [-0.05, 0) is 45.4 Å². The van der Waals surface area contributed by atoms with Crippen molar-refractivity contribution in [2.24, 2.45) is 5.73 Å². The van der Waals surface area contributed by atoms with Crippen LogP contribution in [-0.4, -0.2) is 52.5 Å². The van der Waals surface area contributed by atoms with E-state index in [4.69, 9.17) is 5.73 Å². The average molecular weight is 274 g/mol. The van der Waals surface area contributed by atoms with Crippen LogP contribution in [-0.2, 0) is 0 Å². The molecule has 2 fully saturated rings. The molecule has 0 bridgehead atoms. The number of hydrogen-bond donors (Lipinski definition) is 1. The fraction of sp³-hybridized carbons (Fsp3) is 0.688. The zero-order valence-electron chi connectivity index (χ0n) is 12.6. The number of aromatic nitrogens is 1. The van der Waals surface area contributed by atoms with Gasteiger partial charge in [0.05, 0.1) is 11.7 Å². The predicted molar refractivity (Wildman–Crippen MR) is 81.4 cm³/mol. The molecule has 0 radical (unpaired) electrons. The summed E-state index contributed by atoms with van der Waals surface area (Å²) in [6.07, 6.45) is 4.55. The Morgan fingerprint density at radius 3 is 2.90 bits per heavy atom. The minimum atomic E-state index is 0.0975. The van der Waals surface area contributed by atoms with Crippen molar-refractivity contribution in [1.29, 1.82) is 0 Å². The second-order valence-corrected chi connectivity index (χ2v) is 6.40. The predicted octanol–water partition coefficient (Wildman–Crippen LogP) is 1.64. The maximum atomic E-state index is 6.30. The van der Waals surface area contributed by atoms with Crippen molar-refractivity contribution < 1.29 is 0 Å². The molecule has 3 heterocycles. The summed E-state index contributed by atoms with van der Waals surface area (Å²) in [5.41, 5.74) is 7.42. The van der Waals surface area contributed by atoms with Crippen LogP contribution < -0.4 is 5.73 Å². The van der Waals surface area contributed by atoms with Crippen LogP contribution in [0.1, 0.15) is 38.4 Å². The van der Waals surface area contributed by atoms with Gasteiger partial charge in [-0.1, -0.05) is 6.07 Å². The van der Waals surface area contributed by atoms with Crippen molar-refractivity contribution >= 4 is 0 Å². The number of piperazine rings is 1. The minimum Gasteiger partial charge on any atom is -0.326 e. The van der Waals surface area contributed by atoms with E-state index in [0.29, 0.717) is 6.04 Å². The van der Waals surface area contributed by atoms with Gasteiger partial charge in [-0.25, -0.2) is 0 Å². The molecule has 0 saturated carbocycles. The van der Waals surface area contributed by atoms with E-state index in [0.717, 1.165) is 18.3 Å². The topological polar surface area (TPSA) is 45.4 Å². The lowest BCUT2D eigenvalue weighted by atomic mass is 9.98. The SMILES string of the molecule is CC(N)C(c1ccccn1)N1CC2CCCN2CC1C. The normalized spacial score (nSPS) is 30.9. The Balaban J connectivity index is 1.84. The van der Waals surface area contributed by atoms with Gasteiger partial charge in [0.1, 0.15) is 0 Å². The average Bonchev–Trinajstić information content (AvgIpc) is 2.87. The van der Waals surface area contributed by atoms with Gasteiger partial charge in [0.2, 0.25) is 0 Å². The zero-order valence-corrected chi connectivity index (χ0v) is 12.6. The summed E-state index contributed by atoms with van der Waals surface area (Å²) in [6, 6.07) is 7.74. The molecule has 0 amide bonds. The lowest BCUT2D eigenvalue weighted by Gasteiger charge is -2.46. The van der Waals surface area contributed by atoms with Crippen LogP contribution in [0.4, 0.5) is 0 Å². The van der Waals surface area contributed by atoms with E-state index in [1.165, 1.54) is 25.9 Å². The summed E-state index contributed by atoms with van der Waals surface area (Å²) in [7, 11) is 0. The molecular formula is C16H26N4. The van der Waals surface area contributed by atoms with Gasteiger partial charge in [0.15, 0.2) is 0 Å². The lowest BCUT2D eigenvalue weighted by molar-refractivity contribution is 0.0193. The zero-order chi connectivity index (χ0) is 14.1. The van der Waals surface area contributed by atoms with Crippen LogP contribution in [0.3, 0.4) is 0 Å². The van der Waals surface area contributed by atoms with E-state index in [9.17, 15) is 0 Å². The first kappa shape index (κ1) is 14.0. The third-order valence-electron chi connectivity index (χ3n) is 4.83. The third-order valence-corrected chi connectivity index (χ3v) is 4.83. The number of rotatable bonds is 3. The van der Waals surface area contributed by atoms with Crippen molar-refractivity contribution in [3.8, 4) is 0 Å². The molecule has 2 aliphatic heterocycles. The van der Waals surface area contributed by atoms with Crippen molar-refractivity contribution in [1.82, 2.24) is 14.8 Å². The number of pyridine rings is 1. The molecule has 4 nitrogen and oxygen atoms in total. The number of nitrogens with two attached hydrogens (primary N) is 1. The van der Waals surface area contributed by atoms with Crippen molar-refractivity contribution in [2.75, 3.05) is 19.6 Å². The fourth-order valence-electron chi connectivity index (χ4n) is 3.89. The van der Waals surface area contributed by atoms with Crippen LogP contribution in [0, 0.1) is 0 Å². The van der Waals surface area contributed by atoms with E-state index in [1.807, 2.05) is 12.3 Å². The highest BCUT2D eigenvalue weighted by atomic mass is 15.3. The molecule has 2 N–H and O–H groups in total. The molecule has 2 saturated heterocycles. The Morgan fingerprint density at radius 2 is 2.20 bits per heavy atom. The Morgan fingerprint density at radius 1 is 1.35 bits per heavy atom. The molecule has 20 heavy (non-hydrogen) atoms. The third kappa shape index (κ3) is 2.60. The second-order valence-electron chi connectivity index (χ2n) is 6.40. The quantitative estimate of drug-likeness (QED) is 0.910. The van der Waals surface area contributed by atoms with Gasteiger partial charge in [0, 0.05) is 37.4 Å². The first-order valence-corrected chi connectivity index (χ1v) is 7.83. The van der Waals surface area contributed by atoms with E-state index >= 15 is 0 Å². The van der Waals surface area contributed by atoms with Crippen LogP contribution in [0.15, 0.2) is 24.4 Å². The van der Waals surface area contributed by atoms with Crippen LogP contribution >= 0.6 is 0 Å². The Labute approximate surface area is 122 Å². The van der Waals surface area contributed by atoms with Gasteiger partial charge < -0.3 is 5.73 Å². The molecule has 1 aromatic heterocycles. The van der Waals surface area contributed by atoms with Crippen molar-refractivity contribution in [3.05, 3.63) is 30.1 Å². The molecule has 3 rings (SSSR count). The highest BCUT2D eigenvalue weighted by Crippen LogP contribution is 2.31. The van der Waals surface area contributed by atoms with Gasteiger partial charge in [-0.3, -0.25) is 14.8 Å². The van der Waals surface area contributed by atoms with Gasteiger partial charge in [-0.15, -0.1) is 0 Å². The highest BCUT2D eigenvalue weighted by Gasteiger charge is 2.39. The molecule has 4 unspecified atom stereocenters. The standard InChI is InChI=1S/C16H26N4/c1-12-10-19-9-5-6-14(19)11-20(12)16(13(2)17)15-7-3-4-8-18-15/h3-4,7-8,12-14,16H,5-6,9-11,17H2,1-2H3. The second kappa shape index (κ2) is 5.80. The number of hydrogen-bond acceptors (Lipinski definition) is 4. The summed E-state index contributed by atoms with van der Waals surface area (Å²) in [6.45, 7) is 8.00. The van der Waals surface area contributed by atoms with Crippen molar-refractivity contribution in [2.45, 2.75) is 50.9 Å². The molecular weight excluding hydrogens is 248 g/mol. The first-order chi connectivity index (χ1) is 9.66. The lowest BCUT2D eigenvalue weighted by Crippen LogP contribution is -2.58. The number of fused-ring (bicyclic) bond motifs is 1. The summed E-state index contributed by atoms with van der Waals surface area (Å²) in [5.74, 6) is 0. The van der Waals surface area contributed by atoms with Crippen LogP contribution in [0.25, 0.3) is 0 Å². The van der Waals surface area contributed by atoms with E-state index in [2.05, 4.69) is 40.8 Å². The molecule has 1 aromatic rings. The van der Waals surface area contributed by atoms with Crippen molar-refractivity contribution in [3.63, 3.8) is 0 Å². The summed E-state index contributed by atoms with van der Waals surface area (Å²) in [4.78, 5) is 9.79. The Hall–Kier alpha value is -0.970. The Kier molecular flexibility index (Phi) is 4.06. The van der Waals surface area contributed by atoms with E-state index in [-0.39, 0.29) is 12.1 Å². The maximum absolute atomic E-state index is 6.30. The summed E-state index contributed by atoms with van der Waals surface area (Å²) < 4.78 is 0. The van der Waals surface area contributed by atoms with E-state index in [1.54, 1.807) is 0 Å². The Bertz CT molecular complexity index is 433. The molecule has 0 aromatic carbocycles. The molecule has 4 atom stereocenters. The maximum Gasteiger partial charge on any atom is 0.0674 e. The van der Waals surface area contributed by atoms with Gasteiger partial charge in [-0.2, -0.15) is 0 Å². The summed E-state index contributed by atoms with van der Waals surface area (Å²) >= 11 is 0. The molecule has 0 spiro atoms. The minimum absolute atomic E-state index is 0.0975. The van der Waals surface area contributed by atoms with E-state index < -0.39 is 0 Å². The van der Waals surface area contributed by atoms with Crippen LogP contribution in [0.5, 0.6) is 0 Å².